The number of para-hydroxylation sites is 1. The highest BCUT2D eigenvalue weighted by atomic mass is 16.8. The molecule has 1 spiro atoms. The molecule has 1 saturated heterocycles. The number of ether oxygens (including phenoxy) is 2. The number of nitrogens with two attached hydrogens (primary N) is 1. The fourth-order valence-corrected chi connectivity index (χ4v) is 3.17. The second-order valence-electron chi connectivity index (χ2n) is 5.48. The van der Waals surface area contributed by atoms with Crippen molar-refractivity contribution in [3.8, 4) is 0 Å². The third kappa shape index (κ3) is 2.36. The number of anilines is 1. The van der Waals surface area contributed by atoms with Crippen molar-refractivity contribution in [2.45, 2.75) is 50.1 Å². The summed E-state index contributed by atoms with van der Waals surface area (Å²) >= 11 is 0. The zero-order chi connectivity index (χ0) is 13.3. The number of benzene rings is 1. The number of aliphatic hydroxyl groups excluding tert-OH is 1. The van der Waals surface area contributed by atoms with E-state index in [1.54, 1.807) is 0 Å². The summed E-state index contributed by atoms with van der Waals surface area (Å²) in [4.78, 5) is 0. The molecule has 2 fully saturated rings. The molecule has 1 saturated carbocycles. The van der Waals surface area contributed by atoms with Gasteiger partial charge in [0.1, 0.15) is 12.2 Å². The van der Waals surface area contributed by atoms with Crippen molar-refractivity contribution in [2.75, 3.05) is 12.3 Å². The molecular formula is C15H21NO3. The molecule has 3 rings (SSSR count). The van der Waals surface area contributed by atoms with E-state index in [1.807, 2.05) is 24.3 Å². The summed E-state index contributed by atoms with van der Waals surface area (Å²) in [6.07, 6.45) is 4.72. The summed E-state index contributed by atoms with van der Waals surface area (Å²) in [7, 11) is 0. The molecule has 19 heavy (non-hydrogen) atoms. The molecule has 4 heteroatoms. The maximum atomic E-state index is 9.56. The van der Waals surface area contributed by atoms with Gasteiger partial charge in [0.15, 0.2) is 5.79 Å². The van der Waals surface area contributed by atoms with Gasteiger partial charge in [0.2, 0.25) is 0 Å². The Labute approximate surface area is 113 Å². The van der Waals surface area contributed by atoms with Crippen LogP contribution in [0.15, 0.2) is 24.3 Å². The van der Waals surface area contributed by atoms with Crippen LogP contribution >= 0.6 is 0 Å². The molecule has 1 aromatic carbocycles. The molecule has 0 radical (unpaired) electrons. The highest BCUT2D eigenvalue weighted by Crippen LogP contribution is 2.46. The van der Waals surface area contributed by atoms with Crippen molar-refractivity contribution in [2.24, 2.45) is 0 Å². The van der Waals surface area contributed by atoms with Crippen LogP contribution in [0.1, 0.15) is 43.8 Å². The van der Waals surface area contributed by atoms with E-state index < -0.39 is 5.79 Å². The van der Waals surface area contributed by atoms with Crippen LogP contribution in [-0.2, 0) is 9.47 Å². The van der Waals surface area contributed by atoms with Gasteiger partial charge in [0, 0.05) is 24.1 Å². The van der Waals surface area contributed by atoms with Gasteiger partial charge in [-0.15, -0.1) is 0 Å². The smallest absolute Gasteiger partial charge is 0.169 e. The van der Waals surface area contributed by atoms with Crippen molar-refractivity contribution in [1.29, 1.82) is 0 Å². The first-order valence-electron chi connectivity index (χ1n) is 7.05. The minimum Gasteiger partial charge on any atom is -0.398 e. The summed E-state index contributed by atoms with van der Waals surface area (Å²) in [6.45, 7) is -0.0409. The molecule has 1 unspecified atom stereocenters. The maximum absolute atomic E-state index is 9.56. The van der Waals surface area contributed by atoms with E-state index in [-0.39, 0.29) is 18.8 Å². The van der Waals surface area contributed by atoms with Gasteiger partial charge in [-0.25, -0.2) is 0 Å². The predicted molar refractivity (Wildman–Crippen MR) is 72.5 cm³/mol. The molecule has 1 aliphatic carbocycles. The average molecular weight is 263 g/mol. The molecule has 0 bridgehead atoms. The first-order valence-corrected chi connectivity index (χ1v) is 7.05. The standard InChI is InChI=1S/C15H21NO3/c16-12-7-3-2-6-11(12)14-13(10-17)18-15(19-14)8-4-1-5-9-15/h2-3,6-7,13-14,17H,1,4-5,8-10,16H2/t13?,14-/m1/s1. The Morgan fingerprint density at radius 3 is 2.58 bits per heavy atom. The van der Waals surface area contributed by atoms with Crippen LogP contribution in [0.4, 0.5) is 5.69 Å². The Hall–Kier alpha value is -1.10. The second-order valence-corrected chi connectivity index (χ2v) is 5.48. The zero-order valence-corrected chi connectivity index (χ0v) is 11.0. The Morgan fingerprint density at radius 1 is 1.16 bits per heavy atom. The molecule has 1 aliphatic heterocycles. The van der Waals surface area contributed by atoms with Gasteiger partial charge in [-0.1, -0.05) is 24.6 Å². The molecule has 0 amide bonds. The lowest BCUT2D eigenvalue weighted by Crippen LogP contribution is -2.33. The van der Waals surface area contributed by atoms with Crippen molar-refractivity contribution in [3.63, 3.8) is 0 Å². The van der Waals surface area contributed by atoms with E-state index in [1.165, 1.54) is 6.42 Å². The van der Waals surface area contributed by atoms with Crippen LogP contribution in [0, 0.1) is 0 Å². The average Bonchev–Trinajstić information content (AvgIpc) is 2.78. The molecule has 2 aliphatic rings. The minimum absolute atomic E-state index is 0.0409. The van der Waals surface area contributed by atoms with E-state index in [0.29, 0.717) is 5.69 Å². The zero-order valence-electron chi connectivity index (χ0n) is 11.0. The third-order valence-electron chi connectivity index (χ3n) is 4.14. The summed E-state index contributed by atoms with van der Waals surface area (Å²) in [5.41, 5.74) is 7.64. The number of nitrogen functional groups attached to an aromatic ring is 1. The quantitative estimate of drug-likeness (QED) is 0.804. The third-order valence-corrected chi connectivity index (χ3v) is 4.14. The highest BCUT2D eigenvalue weighted by molar-refractivity contribution is 5.48. The van der Waals surface area contributed by atoms with Crippen LogP contribution in [0.5, 0.6) is 0 Å². The lowest BCUT2D eigenvalue weighted by atomic mass is 9.94. The van der Waals surface area contributed by atoms with Crippen LogP contribution in [-0.4, -0.2) is 23.6 Å². The van der Waals surface area contributed by atoms with Crippen molar-refractivity contribution < 1.29 is 14.6 Å². The molecule has 1 aromatic rings. The van der Waals surface area contributed by atoms with Crippen molar-refractivity contribution in [1.82, 2.24) is 0 Å². The van der Waals surface area contributed by atoms with Gasteiger partial charge < -0.3 is 20.3 Å². The van der Waals surface area contributed by atoms with Gasteiger partial charge in [0.05, 0.1) is 6.61 Å². The largest absolute Gasteiger partial charge is 0.398 e. The van der Waals surface area contributed by atoms with E-state index >= 15 is 0 Å². The SMILES string of the molecule is Nc1ccccc1[C@H]1OC2(CCCCC2)OC1CO. The number of hydrogen-bond acceptors (Lipinski definition) is 4. The first kappa shape index (κ1) is 12.9. The van der Waals surface area contributed by atoms with E-state index in [9.17, 15) is 5.11 Å². The molecule has 2 atom stereocenters. The monoisotopic (exact) mass is 263 g/mol. The van der Waals surface area contributed by atoms with Gasteiger partial charge in [-0.2, -0.15) is 0 Å². The first-order chi connectivity index (χ1) is 9.24. The Morgan fingerprint density at radius 2 is 1.89 bits per heavy atom. The normalized spacial score (nSPS) is 29.7. The fourth-order valence-electron chi connectivity index (χ4n) is 3.17. The fraction of sp³-hybridized carbons (Fsp3) is 0.600. The molecule has 4 nitrogen and oxygen atoms in total. The maximum Gasteiger partial charge on any atom is 0.169 e. The van der Waals surface area contributed by atoms with Crippen LogP contribution in [0.25, 0.3) is 0 Å². The number of rotatable bonds is 2. The topological polar surface area (TPSA) is 64.7 Å². The van der Waals surface area contributed by atoms with Gasteiger partial charge >= 0.3 is 0 Å². The molecular weight excluding hydrogens is 242 g/mol. The van der Waals surface area contributed by atoms with E-state index in [4.69, 9.17) is 15.2 Å². The molecule has 3 N–H and O–H groups in total. The summed E-state index contributed by atoms with van der Waals surface area (Å²) in [6, 6.07) is 7.65. The Bertz CT molecular complexity index is 443. The summed E-state index contributed by atoms with van der Waals surface area (Å²) in [5.74, 6) is -0.501. The Balaban J connectivity index is 1.87. The van der Waals surface area contributed by atoms with Crippen molar-refractivity contribution >= 4 is 5.69 Å². The lowest BCUT2D eigenvalue weighted by Gasteiger charge is -2.32. The van der Waals surface area contributed by atoms with Crippen molar-refractivity contribution in [3.05, 3.63) is 29.8 Å². The number of aliphatic hydroxyl groups is 1. The molecule has 104 valence electrons. The molecule has 1 heterocycles. The number of hydrogen-bond donors (Lipinski definition) is 2. The lowest BCUT2D eigenvalue weighted by molar-refractivity contribution is -0.196. The van der Waals surface area contributed by atoms with Crippen LogP contribution in [0.3, 0.4) is 0 Å². The minimum atomic E-state index is -0.501. The van der Waals surface area contributed by atoms with Gasteiger partial charge in [-0.3, -0.25) is 0 Å². The predicted octanol–water partition coefficient (Wildman–Crippen LogP) is 2.38. The van der Waals surface area contributed by atoms with Crippen LogP contribution in [0.2, 0.25) is 0 Å². The summed E-state index contributed by atoms with van der Waals surface area (Å²) in [5, 5.41) is 9.56. The summed E-state index contributed by atoms with van der Waals surface area (Å²) < 4.78 is 12.2. The van der Waals surface area contributed by atoms with Gasteiger partial charge in [-0.05, 0) is 18.9 Å². The van der Waals surface area contributed by atoms with E-state index in [2.05, 4.69) is 0 Å². The van der Waals surface area contributed by atoms with Crippen LogP contribution < -0.4 is 5.73 Å². The van der Waals surface area contributed by atoms with E-state index in [0.717, 1.165) is 31.2 Å². The second kappa shape index (κ2) is 5.12. The molecule has 0 aromatic heterocycles. The van der Waals surface area contributed by atoms with Gasteiger partial charge in [0.25, 0.3) is 0 Å². The Kier molecular flexibility index (Phi) is 3.48. The highest BCUT2D eigenvalue weighted by Gasteiger charge is 2.48.